The van der Waals surface area contributed by atoms with Crippen molar-refractivity contribution in [3.05, 3.63) is 0 Å². The van der Waals surface area contributed by atoms with E-state index < -0.39 is 0 Å². The van der Waals surface area contributed by atoms with E-state index in [1.54, 1.807) is 0 Å². The Hall–Kier alpha value is 0.310. The Labute approximate surface area is 86.0 Å². The summed E-state index contributed by atoms with van der Waals surface area (Å²) in [5, 5.41) is 4.57. The van der Waals surface area contributed by atoms with E-state index in [1.165, 1.54) is 57.2 Å². The first kappa shape index (κ1) is 9.85. The van der Waals surface area contributed by atoms with Crippen LogP contribution < -0.4 is 5.32 Å². The van der Waals surface area contributed by atoms with Crippen LogP contribution in [0.2, 0.25) is 0 Å². The topological polar surface area (TPSA) is 12.0 Å². The molecule has 1 unspecified atom stereocenters. The van der Waals surface area contributed by atoms with Crippen molar-refractivity contribution in [2.24, 2.45) is 0 Å². The molecular formula is C11H21NS. The van der Waals surface area contributed by atoms with Crippen LogP contribution in [-0.4, -0.2) is 23.6 Å². The van der Waals surface area contributed by atoms with Crippen molar-refractivity contribution in [2.45, 2.75) is 56.2 Å². The van der Waals surface area contributed by atoms with Gasteiger partial charge in [-0.15, -0.1) is 0 Å². The fourth-order valence-corrected chi connectivity index (χ4v) is 3.84. The van der Waals surface area contributed by atoms with E-state index in [2.05, 4.69) is 17.1 Å². The molecule has 76 valence electrons. The molecule has 2 heteroatoms. The van der Waals surface area contributed by atoms with Crippen molar-refractivity contribution in [1.29, 1.82) is 0 Å². The van der Waals surface area contributed by atoms with Crippen LogP contribution in [0.5, 0.6) is 0 Å². The lowest BCUT2D eigenvalue weighted by Gasteiger charge is -2.22. The van der Waals surface area contributed by atoms with Gasteiger partial charge in [-0.2, -0.15) is 11.8 Å². The highest BCUT2D eigenvalue weighted by atomic mass is 32.2. The van der Waals surface area contributed by atoms with Gasteiger partial charge < -0.3 is 5.32 Å². The van der Waals surface area contributed by atoms with E-state index >= 15 is 0 Å². The van der Waals surface area contributed by atoms with Crippen LogP contribution in [0.25, 0.3) is 0 Å². The fourth-order valence-electron chi connectivity index (χ4n) is 2.38. The molecule has 13 heavy (non-hydrogen) atoms. The maximum atomic E-state index is 3.58. The third kappa shape index (κ3) is 3.17. The SMILES string of the molecule is C1CCC(SCC2CCCN2)CC1. The molecule has 1 N–H and O–H groups in total. The zero-order valence-electron chi connectivity index (χ0n) is 8.43. The number of thioether (sulfide) groups is 1. The fraction of sp³-hybridized carbons (Fsp3) is 1.00. The number of nitrogens with one attached hydrogen (secondary N) is 1. The van der Waals surface area contributed by atoms with Crippen LogP contribution >= 0.6 is 11.8 Å². The minimum Gasteiger partial charge on any atom is -0.313 e. The van der Waals surface area contributed by atoms with Gasteiger partial charge in [-0.3, -0.25) is 0 Å². The van der Waals surface area contributed by atoms with Crippen molar-refractivity contribution >= 4 is 11.8 Å². The number of hydrogen-bond donors (Lipinski definition) is 1. The van der Waals surface area contributed by atoms with Crippen LogP contribution in [0.4, 0.5) is 0 Å². The van der Waals surface area contributed by atoms with E-state index in [9.17, 15) is 0 Å². The number of rotatable bonds is 3. The Kier molecular flexibility index (Phi) is 3.98. The van der Waals surface area contributed by atoms with E-state index in [-0.39, 0.29) is 0 Å². The Morgan fingerprint density at radius 1 is 1.00 bits per heavy atom. The van der Waals surface area contributed by atoms with Crippen LogP contribution in [0.1, 0.15) is 44.9 Å². The number of hydrogen-bond acceptors (Lipinski definition) is 2. The molecule has 1 atom stereocenters. The Morgan fingerprint density at radius 2 is 1.85 bits per heavy atom. The van der Waals surface area contributed by atoms with Gasteiger partial charge in [0, 0.05) is 17.0 Å². The lowest BCUT2D eigenvalue weighted by Crippen LogP contribution is -2.25. The summed E-state index contributed by atoms with van der Waals surface area (Å²) in [7, 11) is 0. The average molecular weight is 199 g/mol. The summed E-state index contributed by atoms with van der Waals surface area (Å²) in [6.45, 7) is 1.26. The quantitative estimate of drug-likeness (QED) is 0.750. The summed E-state index contributed by atoms with van der Waals surface area (Å²) in [5.41, 5.74) is 0. The van der Waals surface area contributed by atoms with Crippen LogP contribution in [-0.2, 0) is 0 Å². The van der Waals surface area contributed by atoms with Gasteiger partial charge in [-0.05, 0) is 32.2 Å². The Bertz CT molecular complexity index is 137. The first-order chi connectivity index (χ1) is 6.45. The van der Waals surface area contributed by atoms with Gasteiger partial charge in [-0.1, -0.05) is 19.3 Å². The largest absolute Gasteiger partial charge is 0.313 e. The minimum atomic E-state index is 0.840. The summed E-state index contributed by atoms with van der Waals surface area (Å²) in [6, 6.07) is 0.840. The van der Waals surface area contributed by atoms with Crippen molar-refractivity contribution in [1.82, 2.24) is 5.32 Å². The second kappa shape index (κ2) is 5.26. The zero-order valence-corrected chi connectivity index (χ0v) is 9.24. The van der Waals surface area contributed by atoms with Crippen molar-refractivity contribution in [3.8, 4) is 0 Å². The third-order valence-electron chi connectivity index (χ3n) is 3.25. The summed E-state index contributed by atoms with van der Waals surface area (Å²) < 4.78 is 0. The van der Waals surface area contributed by atoms with Crippen molar-refractivity contribution in [2.75, 3.05) is 12.3 Å². The molecule has 2 fully saturated rings. The first-order valence-corrected chi connectivity index (χ1v) is 6.85. The maximum absolute atomic E-state index is 3.58. The minimum absolute atomic E-state index is 0.840. The summed E-state index contributed by atoms with van der Waals surface area (Å²) in [4.78, 5) is 0. The molecule has 1 heterocycles. The molecule has 0 aromatic carbocycles. The van der Waals surface area contributed by atoms with Crippen LogP contribution in [0.3, 0.4) is 0 Å². The molecule has 2 aliphatic rings. The van der Waals surface area contributed by atoms with E-state index in [1.807, 2.05) is 0 Å². The molecule has 0 amide bonds. The van der Waals surface area contributed by atoms with Crippen molar-refractivity contribution in [3.63, 3.8) is 0 Å². The maximum Gasteiger partial charge on any atom is 0.0158 e. The molecule has 0 radical (unpaired) electrons. The van der Waals surface area contributed by atoms with E-state index in [0.717, 1.165) is 11.3 Å². The highest BCUT2D eigenvalue weighted by Gasteiger charge is 2.18. The van der Waals surface area contributed by atoms with E-state index in [0.29, 0.717) is 0 Å². The summed E-state index contributed by atoms with van der Waals surface area (Å²) in [5.74, 6) is 1.37. The second-order valence-electron chi connectivity index (χ2n) is 4.39. The summed E-state index contributed by atoms with van der Waals surface area (Å²) in [6.07, 6.45) is 10.2. The average Bonchev–Trinajstić information content (AvgIpc) is 2.69. The molecule has 1 saturated carbocycles. The molecule has 0 aromatic rings. The molecule has 1 aliphatic heterocycles. The molecule has 1 nitrogen and oxygen atoms in total. The van der Waals surface area contributed by atoms with Gasteiger partial charge >= 0.3 is 0 Å². The normalized spacial score (nSPS) is 30.9. The van der Waals surface area contributed by atoms with Crippen LogP contribution in [0, 0.1) is 0 Å². The molecular weight excluding hydrogens is 178 g/mol. The van der Waals surface area contributed by atoms with Gasteiger partial charge in [-0.25, -0.2) is 0 Å². The lowest BCUT2D eigenvalue weighted by atomic mass is 10.0. The highest BCUT2D eigenvalue weighted by Crippen LogP contribution is 2.29. The van der Waals surface area contributed by atoms with Gasteiger partial charge in [0.2, 0.25) is 0 Å². The molecule has 0 bridgehead atoms. The molecule has 0 spiro atoms. The standard InChI is InChI=1S/C11H21NS/c1-2-6-11(7-3-1)13-9-10-5-4-8-12-10/h10-12H,1-9H2. The van der Waals surface area contributed by atoms with Gasteiger partial charge in [0.25, 0.3) is 0 Å². The smallest absolute Gasteiger partial charge is 0.0158 e. The first-order valence-electron chi connectivity index (χ1n) is 5.80. The molecule has 1 aliphatic carbocycles. The second-order valence-corrected chi connectivity index (χ2v) is 5.72. The van der Waals surface area contributed by atoms with Crippen LogP contribution in [0.15, 0.2) is 0 Å². The summed E-state index contributed by atoms with van der Waals surface area (Å²) >= 11 is 2.23. The van der Waals surface area contributed by atoms with Gasteiger partial charge in [0.15, 0.2) is 0 Å². The lowest BCUT2D eigenvalue weighted by molar-refractivity contribution is 0.515. The predicted molar refractivity (Wildman–Crippen MR) is 60.4 cm³/mol. The zero-order chi connectivity index (χ0) is 8.93. The Balaban J connectivity index is 1.60. The van der Waals surface area contributed by atoms with E-state index in [4.69, 9.17) is 0 Å². The third-order valence-corrected chi connectivity index (χ3v) is 4.79. The molecule has 0 aromatic heterocycles. The highest BCUT2D eigenvalue weighted by molar-refractivity contribution is 7.99. The van der Waals surface area contributed by atoms with Gasteiger partial charge in [0.05, 0.1) is 0 Å². The van der Waals surface area contributed by atoms with Gasteiger partial charge in [0.1, 0.15) is 0 Å². The molecule has 1 saturated heterocycles. The monoisotopic (exact) mass is 199 g/mol. The van der Waals surface area contributed by atoms with Crippen molar-refractivity contribution < 1.29 is 0 Å². The molecule has 2 rings (SSSR count). The predicted octanol–water partition coefficient (Wildman–Crippen LogP) is 2.80. The Morgan fingerprint density at radius 3 is 2.54 bits per heavy atom.